The highest BCUT2D eigenvalue weighted by atomic mass is 35.5. The number of benzene rings is 1. The summed E-state index contributed by atoms with van der Waals surface area (Å²) in [7, 11) is 0. The monoisotopic (exact) mass is 285 g/mol. The number of rotatable bonds is 3. The highest BCUT2D eigenvalue weighted by Gasteiger charge is 2.33. The second-order valence-corrected chi connectivity index (χ2v) is 3.55. The summed E-state index contributed by atoms with van der Waals surface area (Å²) in [5.74, 6) is -2.38. The maximum atomic E-state index is 12.0. The lowest BCUT2D eigenvalue weighted by atomic mass is 10.1. The molecule has 0 saturated carbocycles. The molecular formula is C9H7ClF3NO4. The van der Waals surface area contributed by atoms with E-state index in [-0.39, 0.29) is 5.56 Å². The fourth-order valence-corrected chi connectivity index (χ4v) is 1.37. The Hall–Kier alpha value is -1.67. The first-order valence-corrected chi connectivity index (χ1v) is 4.75. The van der Waals surface area contributed by atoms with Crippen LogP contribution in [0.1, 0.15) is 11.7 Å². The zero-order valence-corrected chi connectivity index (χ0v) is 9.29. The van der Waals surface area contributed by atoms with Crippen LogP contribution in [0.2, 0.25) is 5.02 Å². The Balaban J connectivity index is 3.17. The van der Waals surface area contributed by atoms with Crippen LogP contribution in [-0.4, -0.2) is 22.5 Å². The fourth-order valence-electron chi connectivity index (χ4n) is 1.16. The van der Waals surface area contributed by atoms with Crippen molar-refractivity contribution in [2.24, 2.45) is 0 Å². The maximum absolute atomic E-state index is 12.0. The van der Waals surface area contributed by atoms with Crippen molar-refractivity contribution in [3.05, 3.63) is 22.7 Å². The van der Waals surface area contributed by atoms with Crippen LogP contribution in [0.5, 0.6) is 5.75 Å². The molecule has 0 aliphatic heterocycles. The van der Waals surface area contributed by atoms with E-state index in [0.717, 1.165) is 12.1 Å². The molecule has 0 aliphatic carbocycles. The Morgan fingerprint density at radius 2 is 2.00 bits per heavy atom. The second-order valence-electron chi connectivity index (χ2n) is 3.17. The molecule has 1 aromatic rings. The molecule has 0 spiro atoms. The zero-order chi connectivity index (χ0) is 14.1. The summed E-state index contributed by atoms with van der Waals surface area (Å²) >= 11 is 5.50. The molecule has 0 fully saturated rings. The van der Waals surface area contributed by atoms with Crippen LogP contribution in [0.4, 0.5) is 18.9 Å². The zero-order valence-electron chi connectivity index (χ0n) is 8.53. The van der Waals surface area contributed by atoms with Crippen molar-refractivity contribution in [3.63, 3.8) is 0 Å². The molecular weight excluding hydrogens is 279 g/mol. The van der Waals surface area contributed by atoms with Gasteiger partial charge >= 0.3 is 12.3 Å². The van der Waals surface area contributed by atoms with Gasteiger partial charge in [-0.1, -0.05) is 11.6 Å². The van der Waals surface area contributed by atoms with E-state index < -0.39 is 34.9 Å². The number of hydrogen-bond acceptors (Lipinski definition) is 4. The van der Waals surface area contributed by atoms with Crippen molar-refractivity contribution >= 4 is 23.3 Å². The minimum Gasteiger partial charge on any atom is -0.479 e. The number of aliphatic hydroxyl groups is 1. The molecule has 0 amide bonds. The standard InChI is InChI=1S/C9H7ClF3NO4/c10-5-4(18-9(11,12)13)2-1-3(6(5)14)7(15)8(16)17/h1-2,7,15H,14H2,(H,16,17). The summed E-state index contributed by atoms with van der Waals surface area (Å²) in [6.45, 7) is 0. The summed E-state index contributed by atoms with van der Waals surface area (Å²) < 4.78 is 39.5. The average molecular weight is 286 g/mol. The number of carbonyl (C=O) groups is 1. The molecule has 1 aromatic carbocycles. The van der Waals surface area contributed by atoms with E-state index >= 15 is 0 Å². The molecule has 0 heterocycles. The summed E-state index contributed by atoms with van der Waals surface area (Å²) in [5, 5.41) is 17.2. The molecule has 0 saturated heterocycles. The van der Waals surface area contributed by atoms with Gasteiger partial charge in [0.05, 0.1) is 5.69 Å². The van der Waals surface area contributed by atoms with Gasteiger partial charge in [-0.2, -0.15) is 0 Å². The number of halogens is 4. The van der Waals surface area contributed by atoms with E-state index in [1.807, 2.05) is 0 Å². The molecule has 0 aliphatic rings. The van der Waals surface area contributed by atoms with Crippen LogP contribution in [0.15, 0.2) is 12.1 Å². The van der Waals surface area contributed by atoms with Crippen LogP contribution < -0.4 is 10.5 Å². The number of anilines is 1. The van der Waals surface area contributed by atoms with Crippen LogP contribution in [0.25, 0.3) is 0 Å². The number of carboxylic acids is 1. The first-order chi connectivity index (χ1) is 8.13. The quantitative estimate of drug-likeness (QED) is 0.738. The Labute approximate surface area is 104 Å². The largest absolute Gasteiger partial charge is 0.573 e. The SMILES string of the molecule is Nc1c(C(O)C(=O)O)ccc(OC(F)(F)F)c1Cl. The van der Waals surface area contributed by atoms with Crippen LogP contribution in [-0.2, 0) is 4.79 Å². The van der Waals surface area contributed by atoms with Gasteiger partial charge in [0.1, 0.15) is 10.8 Å². The van der Waals surface area contributed by atoms with Gasteiger partial charge in [0.25, 0.3) is 0 Å². The molecule has 1 unspecified atom stereocenters. The van der Waals surface area contributed by atoms with Gasteiger partial charge in [0.15, 0.2) is 6.10 Å². The number of aliphatic carboxylic acids is 1. The number of aliphatic hydroxyl groups excluding tert-OH is 1. The molecule has 5 nitrogen and oxygen atoms in total. The van der Waals surface area contributed by atoms with E-state index in [1.54, 1.807) is 0 Å². The lowest BCUT2D eigenvalue weighted by Crippen LogP contribution is -2.18. The van der Waals surface area contributed by atoms with E-state index in [1.165, 1.54) is 0 Å². The third-order valence-corrected chi connectivity index (χ3v) is 2.32. The fraction of sp³-hybridized carbons (Fsp3) is 0.222. The number of hydrogen-bond donors (Lipinski definition) is 3. The summed E-state index contributed by atoms with van der Waals surface area (Å²) in [6, 6.07) is 1.66. The van der Waals surface area contributed by atoms with Gasteiger partial charge in [-0.05, 0) is 12.1 Å². The number of nitrogen functional groups attached to an aromatic ring is 1. The first-order valence-electron chi connectivity index (χ1n) is 4.38. The number of carboxylic acid groups (broad SMARTS) is 1. The second kappa shape index (κ2) is 4.91. The molecule has 0 bridgehead atoms. The van der Waals surface area contributed by atoms with Crippen LogP contribution >= 0.6 is 11.6 Å². The average Bonchev–Trinajstić information content (AvgIpc) is 2.22. The van der Waals surface area contributed by atoms with Crippen molar-refractivity contribution in [1.82, 2.24) is 0 Å². The predicted octanol–water partition coefficient (Wildman–Crippen LogP) is 1.94. The van der Waals surface area contributed by atoms with Gasteiger partial charge in [-0.3, -0.25) is 0 Å². The smallest absolute Gasteiger partial charge is 0.479 e. The van der Waals surface area contributed by atoms with Gasteiger partial charge in [0, 0.05) is 5.56 Å². The Bertz CT molecular complexity index is 478. The topological polar surface area (TPSA) is 92.8 Å². The lowest BCUT2D eigenvalue weighted by molar-refractivity contribution is -0.274. The van der Waals surface area contributed by atoms with Gasteiger partial charge in [-0.25, -0.2) is 4.79 Å². The van der Waals surface area contributed by atoms with Gasteiger partial charge < -0.3 is 20.7 Å². The molecule has 18 heavy (non-hydrogen) atoms. The molecule has 4 N–H and O–H groups in total. The number of alkyl halides is 3. The Morgan fingerprint density at radius 3 is 2.44 bits per heavy atom. The minimum atomic E-state index is -4.96. The molecule has 0 aromatic heterocycles. The highest BCUT2D eigenvalue weighted by Crippen LogP contribution is 2.38. The van der Waals surface area contributed by atoms with Crippen LogP contribution in [0, 0.1) is 0 Å². The molecule has 0 radical (unpaired) electrons. The first kappa shape index (κ1) is 14.4. The van der Waals surface area contributed by atoms with E-state index in [2.05, 4.69) is 4.74 Å². The number of nitrogens with two attached hydrogens (primary N) is 1. The maximum Gasteiger partial charge on any atom is 0.573 e. The van der Waals surface area contributed by atoms with Gasteiger partial charge in [0.2, 0.25) is 0 Å². The molecule has 100 valence electrons. The Kier molecular flexibility index (Phi) is 3.92. The van der Waals surface area contributed by atoms with Crippen molar-refractivity contribution in [2.45, 2.75) is 12.5 Å². The van der Waals surface area contributed by atoms with Crippen molar-refractivity contribution in [3.8, 4) is 5.75 Å². The molecule has 1 rings (SSSR count). The summed E-state index contributed by atoms with van der Waals surface area (Å²) in [5.41, 5.74) is 4.53. The third kappa shape index (κ3) is 3.17. The van der Waals surface area contributed by atoms with E-state index in [9.17, 15) is 23.1 Å². The van der Waals surface area contributed by atoms with Crippen molar-refractivity contribution in [2.75, 3.05) is 5.73 Å². The Morgan fingerprint density at radius 1 is 1.44 bits per heavy atom. The predicted molar refractivity (Wildman–Crippen MR) is 55.1 cm³/mol. The van der Waals surface area contributed by atoms with Gasteiger partial charge in [-0.15, -0.1) is 13.2 Å². The van der Waals surface area contributed by atoms with Crippen molar-refractivity contribution in [1.29, 1.82) is 0 Å². The van der Waals surface area contributed by atoms with Crippen LogP contribution in [0.3, 0.4) is 0 Å². The summed E-state index contributed by atoms with van der Waals surface area (Å²) in [4.78, 5) is 10.5. The lowest BCUT2D eigenvalue weighted by Gasteiger charge is -2.15. The minimum absolute atomic E-state index is 0.318. The number of ether oxygens (including phenoxy) is 1. The van der Waals surface area contributed by atoms with E-state index in [0.29, 0.717) is 0 Å². The van der Waals surface area contributed by atoms with Crippen molar-refractivity contribution < 1.29 is 32.9 Å². The summed E-state index contributed by atoms with van der Waals surface area (Å²) in [6.07, 6.45) is -6.94. The third-order valence-electron chi connectivity index (χ3n) is 1.93. The highest BCUT2D eigenvalue weighted by molar-refractivity contribution is 6.34. The molecule has 1 atom stereocenters. The normalized spacial score (nSPS) is 13.2. The molecule has 9 heteroatoms. The van der Waals surface area contributed by atoms with E-state index in [4.69, 9.17) is 22.4 Å².